The normalized spacial score (nSPS) is 25.8. The van der Waals surface area contributed by atoms with Gasteiger partial charge in [-0.1, -0.05) is 12.1 Å². The number of hydrogen-bond donors (Lipinski definition) is 2. The molecular weight excluding hydrogens is 337 g/mol. The molecule has 2 fully saturated rings. The van der Waals surface area contributed by atoms with Gasteiger partial charge in [-0.05, 0) is 24.1 Å². The first kappa shape index (κ1) is 18.2. The molecule has 0 saturated carbocycles. The van der Waals surface area contributed by atoms with E-state index in [0.29, 0.717) is 24.1 Å². The summed E-state index contributed by atoms with van der Waals surface area (Å²) in [5, 5.41) is 6.25. The first-order chi connectivity index (χ1) is 11.9. The van der Waals surface area contributed by atoms with Crippen molar-refractivity contribution in [3.8, 4) is 0 Å². The van der Waals surface area contributed by atoms with E-state index in [9.17, 15) is 18.0 Å². The highest BCUT2D eigenvalue weighted by atomic mass is 19.4. The van der Waals surface area contributed by atoms with Gasteiger partial charge in [-0.15, -0.1) is 0 Å². The van der Waals surface area contributed by atoms with Crippen molar-refractivity contribution in [1.29, 1.82) is 0 Å². The number of hydrogen-bond acceptors (Lipinski definition) is 4. The van der Waals surface area contributed by atoms with E-state index in [1.54, 1.807) is 0 Å². The molecule has 2 heterocycles. The van der Waals surface area contributed by atoms with Crippen molar-refractivity contribution in [1.82, 2.24) is 10.6 Å². The summed E-state index contributed by atoms with van der Waals surface area (Å²) in [6.07, 6.45) is -3.37. The van der Waals surface area contributed by atoms with Crippen molar-refractivity contribution < 1.29 is 27.4 Å². The maximum absolute atomic E-state index is 12.5. The summed E-state index contributed by atoms with van der Waals surface area (Å²) in [6, 6.07) is 5.35. The molecule has 0 aliphatic carbocycles. The molecule has 2 aliphatic rings. The Labute approximate surface area is 143 Å². The molecular formula is C17H21F3N2O3. The molecule has 0 radical (unpaired) electrons. The summed E-state index contributed by atoms with van der Waals surface area (Å²) in [5.41, 5.74) is -0.112. The summed E-state index contributed by atoms with van der Waals surface area (Å²) >= 11 is 0. The topological polar surface area (TPSA) is 59.6 Å². The smallest absolute Gasteiger partial charge is 0.379 e. The largest absolute Gasteiger partial charge is 0.416 e. The zero-order chi connectivity index (χ0) is 17.9. The van der Waals surface area contributed by atoms with Crippen LogP contribution in [0.3, 0.4) is 0 Å². The number of ether oxygens (including phenoxy) is 2. The fraction of sp³-hybridized carbons (Fsp3) is 0.588. The van der Waals surface area contributed by atoms with E-state index in [1.165, 1.54) is 12.1 Å². The molecule has 0 aromatic heterocycles. The number of carbonyl (C=O) groups is 1. The number of rotatable bonds is 6. The number of amides is 1. The molecule has 25 heavy (non-hydrogen) atoms. The minimum absolute atomic E-state index is 0.0920. The fourth-order valence-electron chi connectivity index (χ4n) is 3.23. The van der Waals surface area contributed by atoms with Gasteiger partial charge in [0.25, 0.3) is 0 Å². The van der Waals surface area contributed by atoms with Crippen LogP contribution in [-0.4, -0.2) is 44.4 Å². The maximum Gasteiger partial charge on any atom is 0.416 e. The predicted octanol–water partition coefficient (Wildman–Crippen LogP) is 1.72. The Bertz CT molecular complexity index is 580. The third kappa shape index (κ3) is 4.93. The SMILES string of the molecule is O=C(COCc1ccc(C(F)(F)F)cc1)NCC1CC2COCC2N1. The van der Waals surface area contributed by atoms with E-state index in [-0.39, 0.29) is 25.2 Å². The van der Waals surface area contributed by atoms with Crippen molar-refractivity contribution in [2.24, 2.45) is 5.92 Å². The van der Waals surface area contributed by atoms with Crippen molar-refractivity contribution >= 4 is 5.91 Å². The minimum atomic E-state index is -4.35. The van der Waals surface area contributed by atoms with Gasteiger partial charge in [0.1, 0.15) is 6.61 Å². The number of fused-ring (bicyclic) bond motifs is 1. The second-order valence-electron chi connectivity index (χ2n) is 6.49. The summed E-state index contributed by atoms with van der Waals surface area (Å²) in [5.74, 6) is 0.292. The Morgan fingerprint density at radius 3 is 2.72 bits per heavy atom. The molecule has 3 atom stereocenters. The second-order valence-corrected chi connectivity index (χ2v) is 6.49. The number of carbonyl (C=O) groups excluding carboxylic acids is 1. The lowest BCUT2D eigenvalue weighted by Crippen LogP contribution is -2.41. The third-order valence-electron chi connectivity index (χ3n) is 4.56. The molecule has 2 aliphatic heterocycles. The molecule has 3 rings (SSSR count). The maximum atomic E-state index is 12.5. The lowest BCUT2D eigenvalue weighted by atomic mass is 10.0. The molecule has 1 aromatic rings. The zero-order valence-corrected chi connectivity index (χ0v) is 13.6. The van der Waals surface area contributed by atoms with Crippen LogP contribution < -0.4 is 10.6 Å². The number of benzene rings is 1. The highest BCUT2D eigenvalue weighted by Crippen LogP contribution is 2.29. The van der Waals surface area contributed by atoms with Gasteiger partial charge in [-0.2, -0.15) is 13.2 Å². The van der Waals surface area contributed by atoms with Crippen LogP contribution in [0.15, 0.2) is 24.3 Å². The van der Waals surface area contributed by atoms with Gasteiger partial charge in [0.15, 0.2) is 0 Å². The van der Waals surface area contributed by atoms with Gasteiger partial charge in [-0.3, -0.25) is 4.79 Å². The summed E-state index contributed by atoms with van der Waals surface area (Å²) in [4.78, 5) is 11.8. The zero-order valence-electron chi connectivity index (χ0n) is 13.6. The Morgan fingerprint density at radius 1 is 1.28 bits per heavy atom. The van der Waals surface area contributed by atoms with Gasteiger partial charge in [-0.25, -0.2) is 0 Å². The Balaban J connectivity index is 1.33. The monoisotopic (exact) mass is 358 g/mol. The lowest BCUT2D eigenvalue weighted by Gasteiger charge is -2.14. The van der Waals surface area contributed by atoms with Crippen LogP contribution >= 0.6 is 0 Å². The van der Waals surface area contributed by atoms with Crippen molar-refractivity contribution in [2.75, 3.05) is 26.4 Å². The van der Waals surface area contributed by atoms with Gasteiger partial charge < -0.3 is 20.1 Å². The summed E-state index contributed by atoms with van der Waals surface area (Å²) in [6.45, 7) is 2.01. The molecule has 2 N–H and O–H groups in total. The van der Waals surface area contributed by atoms with Gasteiger partial charge in [0.2, 0.25) is 5.91 Å². The van der Waals surface area contributed by atoms with Gasteiger partial charge in [0, 0.05) is 24.5 Å². The second kappa shape index (κ2) is 7.72. The van der Waals surface area contributed by atoms with E-state index in [2.05, 4.69) is 10.6 Å². The van der Waals surface area contributed by atoms with Crippen molar-refractivity contribution in [2.45, 2.75) is 31.3 Å². The third-order valence-corrected chi connectivity index (χ3v) is 4.56. The van der Waals surface area contributed by atoms with E-state index in [4.69, 9.17) is 9.47 Å². The Kier molecular flexibility index (Phi) is 5.61. The molecule has 8 heteroatoms. The summed E-state index contributed by atoms with van der Waals surface area (Å²) in [7, 11) is 0. The van der Waals surface area contributed by atoms with Crippen LogP contribution in [0, 0.1) is 5.92 Å². The molecule has 0 bridgehead atoms. The fourth-order valence-corrected chi connectivity index (χ4v) is 3.23. The van der Waals surface area contributed by atoms with Gasteiger partial charge >= 0.3 is 6.18 Å². The predicted molar refractivity (Wildman–Crippen MR) is 83.7 cm³/mol. The van der Waals surface area contributed by atoms with E-state index in [1.807, 2.05) is 0 Å². The molecule has 0 spiro atoms. The highest BCUT2D eigenvalue weighted by molar-refractivity contribution is 5.77. The van der Waals surface area contributed by atoms with Gasteiger partial charge in [0.05, 0.1) is 25.4 Å². The Hall–Kier alpha value is -1.64. The molecule has 2 saturated heterocycles. The van der Waals surface area contributed by atoms with Crippen molar-refractivity contribution in [3.05, 3.63) is 35.4 Å². The minimum Gasteiger partial charge on any atom is -0.379 e. The summed E-state index contributed by atoms with van der Waals surface area (Å²) < 4.78 is 48.0. The van der Waals surface area contributed by atoms with E-state index < -0.39 is 11.7 Å². The molecule has 3 unspecified atom stereocenters. The van der Waals surface area contributed by atoms with Crippen molar-refractivity contribution in [3.63, 3.8) is 0 Å². The quantitative estimate of drug-likeness (QED) is 0.813. The average Bonchev–Trinajstić information content (AvgIpc) is 3.14. The van der Waals surface area contributed by atoms with E-state index >= 15 is 0 Å². The number of nitrogens with one attached hydrogen (secondary N) is 2. The standard InChI is InChI=1S/C17H21F3N2O3/c18-17(19,20)13-3-1-11(2-4-13)7-24-10-16(23)21-6-14-5-12-8-25-9-15(12)22-14/h1-4,12,14-15,22H,5-10H2,(H,21,23). The van der Waals surface area contributed by atoms with Crippen LogP contribution in [0.5, 0.6) is 0 Å². The number of alkyl halides is 3. The first-order valence-electron chi connectivity index (χ1n) is 8.26. The van der Waals surface area contributed by atoms with Crippen LogP contribution in [0.4, 0.5) is 13.2 Å². The lowest BCUT2D eigenvalue weighted by molar-refractivity contribution is -0.137. The highest BCUT2D eigenvalue weighted by Gasteiger charge is 2.37. The molecule has 5 nitrogen and oxygen atoms in total. The van der Waals surface area contributed by atoms with Crippen LogP contribution in [0.1, 0.15) is 17.5 Å². The van der Waals surface area contributed by atoms with E-state index in [0.717, 1.165) is 31.8 Å². The average molecular weight is 358 g/mol. The van der Waals surface area contributed by atoms with Crippen LogP contribution in [0.2, 0.25) is 0 Å². The first-order valence-corrected chi connectivity index (χ1v) is 8.26. The molecule has 1 aromatic carbocycles. The Morgan fingerprint density at radius 2 is 2.04 bits per heavy atom. The molecule has 138 valence electrons. The van der Waals surface area contributed by atoms with Crippen LogP contribution in [0.25, 0.3) is 0 Å². The molecule has 1 amide bonds. The van der Waals surface area contributed by atoms with Crippen LogP contribution in [-0.2, 0) is 27.1 Å². The number of halogens is 3.